The smallest absolute Gasteiger partial charge is 0.372 e. The van der Waals surface area contributed by atoms with Crippen LogP contribution in [-0.2, 0) is 9.59 Å². The highest BCUT2D eigenvalue weighted by Crippen LogP contribution is 2.11. The second kappa shape index (κ2) is 3.95. The minimum atomic E-state index is -1.56. The Bertz CT molecular complexity index is 339. The summed E-state index contributed by atoms with van der Waals surface area (Å²) < 4.78 is 0. The molecule has 1 heterocycles. The number of ketones is 2. The Hall–Kier alpha value is -1.49. The van der Waals surface area contributed by atoms with Crippen molar-refractivity contribution >= 4 is 28.9 Å². The van der Waals surface area contributed by atoms with E-state index in [1.165, 1.54) is 11.3 Å². The molecule has 0 bridgehead atoms. The van der Waals surface area contributed by atoms with Crippen molar-refractivity contribution in [3.05, 3.63) is 22.4 Å². The van der Waals surface area contributed by atoms with Gasteiger partial charge in [0.1, 0.15) is 0 Å². The van der Waals surface area contributed by atoms with Crippen molar-refractivity contribution in [2.24, 2.45) is 0 Å². The molecule has 0 fully saturated rings. The SMILES string of the molecule is O=C(O)C(=O)CC(=O)c1cccs1. The average Bonchev–Trinajstić information content (AvgIpc) is 2.55. The first kappa shape index (κ1) is 9.60. The van der Waals surface area contributed by atoms with Crippen LogP contribution in [0.5, 0.6) is 0 Å². The van der Waals surface area contributed by atoms with Gasteiger partial charge in [0.15, 0.2) is 5.78 Å². The first-order chi connectivity index (χ1) is 6.11. The van der Waals surface area contributed by atoms with Gasteiger partial charge in [0.05, 0.1) is 11.3 Å². The lowest BCUT2D eigenvalue weighted by Crippen LogP contribution is -2.16. The van der Waals surface area contributed by atoms with Gasteiger partial charge in [-0.15, -0.1) is 11.3 Å². The summed E-state index contributed by atoms with van der Waals surface area (Å²) in [6.45, 7) is 0. The first-order valence-electron chi connectivity index (χ1n) is 3.44. The molecule has 0 aliphatic rings. The third kappa shape index (κ3) is 2.48. The van der Waals surface area contributed by atoms with Crippen molar-refractivity contribution in [3.63, 3.8) is 0 Å². The van der Waals surface area contributed by atoms with E-state index in [1.807, 2.05) is 0 Å². The number of thiophene rings is 1. The van der Waals surface area contributed by atoms with Crippen LogP contribution < -0.4 is 0 Å². The highest BCUT2D eigenvalue weighted by molar-refractivity contribution is 7.12. The lowest BCUT2D eigenvalue weighted by molar-refractivity contribution is -0.148. The van der Waals surface area contributed by atoms with Crippen LogP contribution >= 0.6 is 11.3 Å². The Balaban J connectivity index is 2.62. The summed E-state index contributed by atoms with van der Waals surface area (Å²) in [7, 11) is 0. The minimum absolute atomic E-state index is 0.412. The minimum Gasteiger partial charge on any atom is -0.475 e. The number of aliphatic carboxylic acids is 1. The number of Topliss-reactive ketones (excluding diaryl/α,β-unsaturated/α-hetero) is 2. The van der Waals surface area contributed by atoms with Gasteiger partial charge in [0, 0.05) is 0 Å². The molecular formula is C8H6O4S. The Morgan fingerprint density at radius 1 is 1.38 bits per heavy atom. The van der Waals surface area contributed by atoms with Crippen LogP contribution in [0.2, 0.25) is 0 Å². The van der Waals surface area contributed by atoms with Gasteiger partial charge in [-0.25, -0.2) is 4.79 Å². The summed E-state index contributed by atoms with van der Waals surface area (Å²) in [5.41, 5.74) is 0. The van der Waals surface area contributed by atoms with Crippen molar-refractivity contribution in [2.45, 2.75) is 6.42 Å². The average molecular weight is 198 g/mol. The zero-order valence-corrected chi connectivity index (χ0v) is 7.34. The van der Waals surface area contributed by atoms with Gasteiger partial charge < -0.3 is 5.11 Å². The second-order valence-electron chi connectivity index (χ2n) is 2.31. The standard InChI is InChI=1S/C8H6O4S/c9-5(4-6(10)8(11)12)7-2-1-3-13-7/h1-3H,4H2,(H,11,12). The molecule has 0 atom stereocenters. The molecule has 68 valence electrons. The Labute approximate surface area is 77.8 Å². The molecule has 0 saturated heterocycles. The van der Waals surface area contributed by atoms with Crippen molar-refractivity contribution < 1.29 is 19.5 Å². The van der Waals surface area contributed by atoms with E-state index in [9.17, 15) is 14.4 Å². The number of carbonyl (C=O) groups excluding carboxylic acids is 2. The van der Waals surface area contributed by atoms with Crippen LogP contribution in [0.3, 0.4) is 0 Å². The van der Waals surface area contributed by atoms with E-state index >= 15 is 0 Å². The lowest BCUT2D eigenvalue weighted by Gasteiger charge is -1.92. The maximum atomic E-state index is 11.1. The summed E-state index contributed by atoms with van der Waals surface area (Å²) >= 11 is 1.19. The van der Waals surface area contributed by atoms with E-state index in [1.54, 1.807) is 17.5 Å². The molecule has 0 aliphatic carbocycles. The predicted octanol–water partition coefficient (Wildman–Crippen LogP) is 0.975. The monoisotopic (exact) mass is 198 g/mol. The molecule has 5 heteroatoms. The van der Waals surface area contributed by atoms with Crippen LogP contribution in [0.25, 0.3) is 0 Å². The van der Waals surface area contributed by atoms with Crippen LogP contribution in [0.15, 0.2) is 17.5 Å². The molecule has 1 rings (SSSR count). The van der Waals surface area contributed by atoms with Gasteiger partial charge in [-0.1, -0.05) is 6.07 Å². The fourth-order valence-electron chi connectivity index (χ4n) is 0.746. The maximum absolute atomic E-state index is 11.1. The van der Waals surface area contributed by atoms with E-state index in [0.29, 0.717) is 4.88 Å². The molecule has 1 aromatic heterocycles. The molecule has 4 nitrogen and oxygen atoms in total. The largest absolute Gasteiger partial charge is 0.475 e. The number of carbonyl (C=O) groups is 3. The third-order valence-electron chi connectivity index (χ3n) is 1.36. The maximum Gasteiger partial charge on any atom is 0.372 e. The summed E-state index contributed by atoms with van der Waals surface area (Å²) in [6.07, 6.45) is -0.560. The summed E-state index contributed by atoms with van der Waals surface area (Å²) in [5.74, 6) is -3.08. The van der Waals surface area contributed by atoms with Gasteiger partial charge >= 0.3 is 5.97 Å². The van der Waals surface area contributed by atoms with Crippen LogP contribution in [0.1, 0.15) is 16.1 Å². The zero-order valence-electron chi connectivity index (χ0n) is 6.52. The Morgan fingerprint density at radius 3 is 2.54 bits per heavy atom. The molecule has 0 unspecified atom stereocenters. The normalized spacial score (nSPS) is 9.54. The molecule has 0 saturated carbocycles. The van der Waals surface area contributed by atoms with Gasteiger partial charge in [-0.3, -0.25) is 9.59 Å². The summed E-state index contributed by atoms with van der Waals surface area (Å²) in [5, 5.41) is 9.92. The number of carboxylic acid groups (broad SMARTS) is 1. The zero-order chi connectivity index (χ0) is 9.84. The van der Waals surface area contributed by atoms with Crippen LogP contribution in [-0.4, -0.2) is 22.6 Å². The van der Waals surface area contributed by atoms with Gasteiger partial charge in [-0.2, -0.15) is 0 Å². The topological polar surface area (TPSA) is 71.4 Å². The molecule has 0 spiro atoms. The van der Waals surface area contributed by atoms with Crippen molar-refractivity contribution in [1.82, 2.24) is 0 Å². The van der Waals surface area contributed by atoms with E-state index < -0.39 is 24.0 Å². The van der Waals surface area contributed by atoms with E-state index in [4.69, 9.17) is 5.11 Å². The number of carboxylic acids is 1. The highest BCUT2D eigenvalue weighted by Gasteiger charge is 2.17. The van der Waals surface area contributed by atoms with E-state index in [2.05, 4.69) is 0 Å². The number of hydrogen-bond acceptors (Lipinski definition) is 4. The lowest BCUT2D eigenvalue weighted by atomic mass is 10.2. The summed E-state index contributed by atoms with van der Waals surface area (Å²) in [4.78, 5) is 32.3. The van der Waals surface area contributed by atoms with Gasteiger partial charge in [0.2, 0.25) is 5.78 Å². The van der Waals surface area contributed by atoms with E-state index in [0.717, 1.165) is 0 Å². The molecular weight excluding hydrogens is 192 g/mol. The molecule has 1 N–H and O–H groups in total. The van der Waals surface area contributed by atoms with Crippen LogP contribution in [0.4, 0.5) is 0 Å². The van der Waals surface area contributed by atoms with Gasteiger partial charge in [-0.05, 0) is 11.4 Å². The Morgan fingerprint density at radius 2 is 2.08 bits per heavy atom. The van der Waals surface area contributed by atoms with Crippen molar-refractivity contribution in [3.8, 4) is 0 Å². The fourth-order valence-corrected chi connectivity index (χ4v) is 1.41. The third-order valence-corrected chi connectivity index (χ3v) is 2.27. The predicted molar refractivity (Wildman–Crippen MR) is 45.9 cm³/mol. The number of hydrogen-bond donors (Lipinski definition) is 1. The molecule has 1 aromatic rings. The number of rotatable bonds is 4. The molecule has 13 heavy (non-hydrogen) atoms. The molecule has 0 aliphatic heterocycles. The Kier molecular flexibility index (Phi) is 2.92. The second-order valence-corrected chi connectivity index (χ2v) is 3.25. The molecule has 0 amide bonds. The highest BCUT2D eigenvalue weighted by atomic mass is 32.1. The quantitative estimate of drug-likeness (QED) is 0.444. The molecule has 0 aromatic carbocycles. The van der Waals surface area contributed by atoms with Crippen molar-refractivity contribution in [1.29, 1.82) is 0 Å². The van der Waals surface area contributed by atoms with Gasteiger partial charge in [0.25, 0.3) is 0 Å². The van der Waals surface area contributed by atoms with Crippen molar-refractivity contribution in [2.75, 3.05) is 0 Å². The summed E-state index contributed by atoms with van der Waals surface area (Å²) in [6, 6.07) is 3.23. The fraction of sp³-hybridized carbons (Fsp3) is 0.125. The molecule has 0 radical (unpaired) electrons. The first-order valence-corrected chi connectivity index (χ1v) is 4.32. The van der Waals surface area contributed by atoms with Crippen LogP contribution in [0, 0.1) is 0 Å². The van der Waals surface area contributed by atoms with E-state index in [-0.39, 0.29) is 0 Å².